The predicted octanol–water partition coefficient (Wildman–Crippen LogP) is 13.1. The first kappa shape index (κ1) is 38.2. The van der Waals surface area contributed by atoms with Crippen molar-refractivity contribution in [2.24, 2.45) is 0 Å². The van der Waals surface area contributed by atoms with Crippen LogP contribution in [-0.4, -0.2) is 9.55 Å². The molecule has 8 aromatic rings. The molecule has 0 saturated carbocycles. The van der Waals surface area contributed by atoms with Gasteiger partial charge in [0.2, 0.25) is 0 Å². The number of rotatable bonds is 7. The fourth-order valence-corrected chi connectivity index (χ4v) is 7.62. The summed E-state index contributed by atoms with van der Waals surface area (Å²) in [6.45, 7) is 16.4. The molecule has 57 heavy (non-hydrogen) atoms. The Morgan fingerprint density at radius 1 is 0.614 bits per heavy atom. The molecule has 0 fully saturated rings. The first-order chi connectivity index (χ1) is 27.0. The standard InChI is InChI=1S/C51H45N4O.Pt/c1-50(2,3)38-22-25-46-48(29-38)53(33-35-14-12-17-37(28-35)36-15-8-7-9-16-36)34-54(46)40-18-13-19-41(31-40)56-42-23-24-44-43-20-10-11-21-45(43)55(47(44)32-42)49-30-39(26-27-52-49)51(4,5)6;/h7-30,34H,33H2,1-6H3;/q-3;. The largest absolute Gasteiger partial charge is 0.509 e. The zero-order valence-corrected chi connectivity index (χ0v) is 35.4. The molecule has 0 radical (unpaired) electrons. The summed E-state index contributed by atoms with van der Waals surface area (Å²) in [7, 11) is 0. The monoisotopic (exact) mass is 924 g/mol. The van der Waals surface area contributed by atoms with Crippen molar-refractivity contribution < 1.29 is 25.8 Å². The minimum atomic E-state index is -0.0120. The van der Waals surface area contributed by atoms with E-state index in [1.807, 2.05) is 24.4 Å². The molecule has 6 heteroatoms. The molecular formula is C51H45N4OPt-3. The van der Waals surface area contributed by atoms with Crippen LogP contribution in [0.2, 0.25) is 0 Å². The van der Waals surface area contributed by atoms with Gasteiger partial charge in [0.25, 0.3) is 0 Å². The quantitative estimate of drug-likeness (QED) is 0.149. The fraction of sp³-hybridized carbons (Fsp3) is 0.176. The van der Waals surface area contributed by atoms with Crippen molar-refractivity contribution in [3.05, 3.63) is 181 Å². The van der Waals surface area contributed by atoms with Crippen LogP contribution >= 0.6 is 0 Å². The van der Waals surface area contributed by atoms with Crippen molar-refractivity contribution in [2.75, 3.05) is 9.80 Å². The Bertz CT molecular complexity index is 2720. The summed E-state index contributed by atoms with van der Waals surface area (Å²) in [4.78, 5) is 9.40. The van der Waals surface area contributed by atoms with E-state index >= 15 is 0 Å². The maximum absolute atomic E-state index is 6.58. The fourth-order valence-electron chi connectivity index (χ4n) is 7.62. The number of pyridine rings is 1. The Morgan fingerprint density at radius 2 is 1.33 bits per heavy atom. The van der Waals surface area contributed by atoms with Crippen LogP contribution in [0.1, 0.15) is 58.2 Å². The van der Waals surface area contributed by atoms with Crippen LogP contribution in [0.3, 0.4) is 0 Å². The van der Waals surface area contributed by atoms with E-state index in [1.54, 1.807) is 0 Å². The summed E-state index contributed by atoms with van der Waals surface area (Å²) in [5.41, 5.74) is 11.3. The van der Waals surface area contributed by atoms with Gasteiger partial charge in [-0.25, -0.2) is 4.98 Å². The van der Waals surface area contributed by atoms with Crippen LogP contribution in [0.15, 0.2) is 146 Å². The Morgan fingerprint density at radius 3 is 2.14 bits per heavy atom. The van der Waals surface area contributed by atoms with Crippen molar-refractivity contribution in [1.29, 1.82) is 0 Å². The van der Waals surface area contributed by atoms with Crippen LogP contribution < -0.4 is 14.5 Å². The van der Waals surface area contributed by atoms with E-state index in [0.717, 1.165) is 51.2 Å². The zero-order valence-electron chi connectivity index (χ0n) is 33.2. The maximum atomic E-state index is 6.58. The molecule has 1 aliphatic rings. The minimum Gasteiger partial charge on any atom is -0.509 e. The Hall–Kier alpha value is -5.64. The van der Waals surface area contributed by atoms with Gasteiger partial charge in [0.15, 0.2) is 0 Å². The second-order valence-electron chi connectivity index (χ2n) is 16.7. The smallest absolute Gasteiger partial charge is 0.135 e. The van der Waals surface area contributed by atoms with Gasteiger partial charge in [0, 0.05) is 62.2 Å². The molecule has 9 rings (SSSR count). The van der Waals surface area contributed by atoms with Gasteiger partial charge in [0.05, 0.1) is 0 Å². The van der Waals surface area contributed by atoms with E-state index in [1.165, 1.54) is 27.8 Å². The molecule has 288 valence electrons. The molecule has 3 heterocycles. The second-order valence-corrected chi connectivity index (χ2v) is 16.7. The molecule has 0 bridgehead atoms. The summed E-state index contributed by atoms with van der Waals surface area (Å²) in [6, 6.07) is 56.4. The average molecular weight is 925 g/mol. The van der Waals surface area contributed by atoms with Gasteiger partial charge in [-0.1, -0.05) is 120 Å². The number of nitrogens with zero attached hydrogens (tertiary/aromatic N) is 4. The number of hydrogen-bond acceptors (Lipinski definition) is 4. The van der Waals surface area contributed by atoms with Crippen LogP contribution in [0.5, 0.6) is 11.5 Å². The number of para-hydroxylation sites is 1. The number of aromatic nitrogens is 2. The summed E-state index contributed by atoms with van der Waals surface area (Å²) in [5, 5.41) is 2.25. The third-order valence-electron chi connectivity index (χ3n) is 10.7. The van der Waals surface area contributed by atoms with E-state index in [9.17, 15) is 0 Å². The van der Waals surface area contributed by atoms with E-state index in [2.05, 4.69) is 196 Å². The summed E-state index contributed by atoms with van der Waals surface area (Å²) in [5.74, 6) is 2.09. The van der Waals surface area contributed by atoms with E-state index in [-0.39, 0.29) is 31.9 Å². The summed E-state index contributed by atoms with van der Waals surface area (Å²) in [6.07, 6.45) is 1.90. The zero-order chi connectivity index (χ0) is 38.6. The van der Waals surface area contributed by atoms with Crippen molar-refractivity contribution in [2.45, 2.75) is 58.9 Å². The Kier molecular flexibility index (Phi) is 10.1. The van der Waals surface area contributed by atoms with Gasteiger partial charge in [-0.05, 0) is 80.4 Å². The first-order valence-electron chi connectivity index (χ1n) is 19.3. The summed E-state index contributed by atoms with van der Waals surface area (Å²) >= 11 is 0. The molecule has 2 aromatic heterocycles. The van der Waals surface area contributed by atoms with Gasteiger partial charge >= 0.3 is 0 Å². The number of benzene rings is 6. The molecule has 0 aliphatic carbocycles. The molecule has 0 saturated heterocycles. The maximum Gasteiger partial charge on any atom is 0.135 e. The van der Waals surface area contributed by atoms with Gasteiger partial charge in [-0.2, -0.15) is 18.8 Å². The topological polar surface area (TPSA) is 33.5 Å². The third kappa shape index (κ3) is 7.49. The predicted molar refractivity (Wildman–Crippen MR) is 231 cm³/mol. The normalized spacial score (nSPS) is 12.9. The number of fused-ring (bicyclic) bond motifs is 4. The molecular weight excluding hydrogens is 880 g/mol. The average Bonchev–Trinajstić information content (AvgIpc) is 3.73. The van der Waals surface area contributed by atoms with Gasteiger partial charge in [-0.15, -0.1) is 41.4 Å². The van der Waals surface area contributed by atoms with E-state index < -0.39 is 0 Å². The SMILES string of the molecule is CC(C)(C)c1ccnc(-n2c3[c-]c(Oc4[c-]c(N5[CH-]N(Cc6cccc(-c7ccccc7)c6)c6cc(C(C)(C)C)ccc65)ccc4)ccc3c3ccccc32)c1.[Pt]. The number of hydrogen-bond donors (Lipinski definition) is 0. The van der Waals surface area contributed by atoms with Crippen LogP contribution in [0.25, 0.3) is 38.8 Å². The molecule has 1 aliphatic heterocycles. The second kappa shape index (κ2) is 15.0. The van der Waals surface area contributed by atoms with E-state index in [4.69, 9.17) is 9.72 Å². The van der Waals surface area contributed by atoms with Gasteiger partial charge in [-0.3, -0.25) is 0 Å². The molecule has 0 spiro atoms. The molecule has 0 atom stereocenters. The van der Waals surface area contributed by atoms with Gasteiger partial charge in [0.1, 0.15) is 5.82 Å². The van der Waals surface area contributed by atoms with Crippen LogP contribution in [-0.2, 0) is 38.4 Å². The molecule has 6 aromatic carbocycles. The van der Waals surface area contributed by atoms with Gasteiger partial charge < -0.3 is 19.1 Å². The van der Waals surface area contributed by atoms with Crippen molar-refractivity contribution in [3.8, 4) is 28.4 Å². The minimum absolute atomic E-state index is 0. The molecule has 5 nitrogen and oxygen atoms in total. The molecule has 0 unspecified atom stereocenters. The molecule has 0 N–H and O–H groups in total. The summed E-state index contributed by atoms with van der Waals surface area (Å²) < 4.78 is 8.78. The Labute approximate surface area is 350 Å². The van der Waals surface area contributed by atoms with Crippen LogP contribution in [0.4, 0.5) is 17.1 Å². The Balaban J connectivity index is 0.00000455. The van der Waals surface area contributed by atoms with Crippen molar-refractivity contribution in [3.63, 3.8) is 0 Å². The third-order valence-corrected chi connectivity index (χ3v) is 10.7. The molecule has 0 amide bonds. The van der Waals surface area contributed by atoms with Crippen LogP contribution in [0, 0.1) is 18.8 Å². The van der Waals surface area contributed by atoms with Crippen molar-refractivity contribution >= 4 is 38.9 Å². The van der Waals surface area contributed by atoms with E-state index in [0.29, 0.717) is 11.5 Å². The number of ether oxygens (including phenoxy) is 1. The first-order valence-corrected chi connectivity index (χ1v) is 19.3. The number of anilines is 3. The van der Waals surface area contributed by atoms with Crippen molar-refractivity contribution in [1.82, 2.24) is 9.55 Å².